The van der Waals surface area contributed by atoms with Gasteiger partial charge in [-0.25, -0.2) is 9.18 Å². The summed E-state index contributed by atoms with van der Waals surface area (Å²) in [6.45, 7) is 0.0879. The first kappa shape index (κ1) is 17.0. The van der Waals surface area contributed by atoms with Gasteiger partial charge in [0.1, 0.15) is 12.4 Å². The molecule has 0 aromatic heterocycles. The van der Waals surface area contributed by atoms with Crippen LogP contribution in [-0.2, 0) is 11.4 Å². The molecule has 1 unspecified atom stereocenters. The number of hydrogen-bond acceptors (Lipinski definition) is 3. The molecule has 1 saturated heterocycles. The van der Waals surface area contributed by atoms with E-state index >= 15 is 0 Å². The van der Waals surface area contributed by atoms with Crippen molar-refractivity contribution in [1.29, 1.82) is 0 Å². The molecule has 0 spiro atoms. The van der Waals surface area contributed by atoms with Gasteiger partial charge in [-0.3, -0.25) is 4.79 Å². The van der Waals surface area contributed by atoms with E-state index in [1.807, 2.05) is 30.3 Å². The van der Waals surface area contributed by atoms with Crippen molar-refractivity contribution in [2.24, 2.45) is 0 Å². The SMILES string of the molecule is O=C(c1ccc(OCc2ccccc2)cc1)N1CCC(F)(C(=O)O)C1. The minimum atomic E-state index is -2.35. The zero-order valence-electron chi connectivity index (χ0n) is 13.5. The minimum Gasteiger partial charge on any atom is -0.489 e. The van der Waals surface area contributed by atoms with Crippen molar-refractivity contribution in [1.82, 2.24) is 4.90 Å². The number of aliphatic carboxylic acids is 1. The van der Waals surface area contributed by atoms with E-state index < -0.39 is 18.2 Å². The molecule has 25 heavy (non-hydrogen) atoms. The second-order valence-electron chi connectivity index (χ2n) is 6.05. The van der Waals surface area contributed by atoms with Crippen molar-refractivity contribution in [3.63, 3.8) is 0 Å². The normalized spacial score (nSPS) is 19.6. The number of likely N-dealkylation sites (tertiary alicyclic amines) is 1. The van der Waals surface area contributed by atoms with Gasteiger partial charge in [0.05, 0.1) is 6.54 Å². The fourth-order valence-electron chi connectivity index (χ4n) is 2.74. The lowest BCUT2D eigenvalue weighted by atomic mass is 10.1. The van der Waals surface area contributed by atoms with Crippen LogP contribution in [0.15, 0.2) is 54.6 Å². The van der Waals surface area contributed by atoms with E-state index in [1.54, 1.807) is 24.3 Å². The van der Waals surface area contributed by atoms with Gasteiger partial charge in [0, 0.05) is 18.5 Å². The number of alkyl halides is 1. The maximum atomic E-state index is 14.1. The van der Waals surface area contributed by atoms with Gasteiger partial charge in [-0.1, -0.05) is 30.3 Å². The van der Waals surface area contributed by atoms with Gasteiger partial charge in [0.2, 0.25) is 5.67 Å². The van der Waals surface area contributed by atoms with Crippen molar-refractivity contribution in [3.05, 3.63) is 65.7 Å². The average Bonchev–Trinajstić information content (AvgIpc) is 3.04. The predicted molar refractivity (Wildman–Crippen MR) is 89.2 cm³/mol. The highest BCUT2D eigenvalue weighted by atomic mass is 19.1. The zero-order valence-corrected chi connectivity index (χ0v) is 13.5. The predicted octanol–water partition coefficient (Wildman–Crippen LogP) is 2.90. The highest BCUT2D eigenvalue weighted by Gasteiger charge is 2.46. The van der Waals surface area contributed by atoms with E-state index in [4.69, 9.17) is 9.84 Å². The van der Waals surface area contributed by atoms with Crippen LogP contribution >= 0.6 is 0 Å². The summed E-state index contributed by atoms with van der Waals surface area (Å²) in [5, 5.41) is 8.90. The Labute approximate surface area is 144 Å². The number of carboxylic acid groups (broad SMARTS) is 1. The molecule has 6 heteroatoms. The van der Waals surface area contributed by atoms with Crippen molar-refractivity contribution < 1.29 is 23.8 Å². The van der Waals surface area contributed by atoms with Crippen molar-refractivity contribution in [3.8, 4) is 5.75 Å². The van der Waals surface area contributed by atoms with Crippen LogP contribution in [0.1, 0.15) is 22.3 Å². The summed E-state index contributed by atoms with van der Waals surface area (Å²) in [6.07, 6.45) is -0.188. The standard InChI is InChI=1S/C19H18FNO4/c20-19(18(23)24)10-11-21(13-19)17(22)15-6-8-16(9-7-15)25-12-14-4-2-1-3-5-14/h1-9H,10-13H2,(H,23,24). The summed E-state index contributed by atoms with van der Waals surface area (Å²) < 4.78 is 19.7. The summed E-state index contributed by atoms with van der Waals surface area (Å²) in [6, 6.07) is 16.2. The molecule has 1 amide bonds. The Morgan fingerprint density at radius 2 is 1.80 bits per heavy atom. The summed E-state index contributed by atoms with van der Waals surface area (Å²) in [5.74, 6) is -1.28. The molecular weight excluding hydrogens is 325 g/mol. The molecular formula is C19H18FNO4. The van der Waals surface area contributed by atoms with E-state index in [9.17, 15) is 14.0 Å². The molecule has 1 N–H and O–H groups in total. The lowest BCUT2D eigenvalue weighted by Gasteiger charge is -2.18. The fraction of sp³-hybridized carbons (Fsp3) is 0.263. The molecule has 0 saturated carbocycles. The third-order valence-corrected chi connectivity index (χ3v) is 4.24. The van der Waals surface area contributed by atoms with Gasteiger partial charge < -0.3 is 14.7 Å². The van der Waals surface area contributed by atoms with Gasteiger partial charge in [-0.05, 0) is 29.8 Å². The largest absolute Gasteiger partial charge is 0.489 e. The van der Waals surface area contributed by atoms with Crippen LogP contribution < -0.4 is 4.74 Å². The van der Waals surface area contributed by atoms with Crippen LogP contribution in [0, 0.1) is 0 Å². The van der Waals surface area contributed by atoms with Crippen LogP contribution in [0.4, 0.5) is 4.39 Å². The molecule has 1 aliphatic heterocycles. The Bertz CT molecular complexity index is 763. The van der Waals surface area contributed by atoms with E-state index in [0.29, 0.717) is 17.9 Å². The number of nitrogens with zero attached hydrogens (tertiary/aromatic N) is 1. The maximum absolute atomic E-state index is 14.1. The topological polar surface area (TPSA) is 66.8 Å². The molecule has 2 aromatic carbocycles. The highest BCUT2D eigenvalue weighted by molar-refractivity contribution is 5.95. The Kier molecular flexibility index (Phi) is 4.70. The van der Waals surface area contributed by atoms with E-state index in [1.165, 1.54) is 4.90 Å². The van der Waals surface area contributed by atoms with Gasteiger partial charge >= 0.3 is 5.97 Å². The summed E-state index contributed by atoms with van der Waals surface area (Å²) in [4.78, 5) is 24.5. The fourth-order valence-corrected chi connectivity index (χ4v) is 2.74. The second-order valence-corrected chi connectivity index (χ2v) is 6.05. The molecule has 130 valence electrons. The molecule has 0 radical (unpaired) electrons. The number of benzene rings is 2. The molecule has 1 aliphatic rings. The van der Waals surface area contributed by atoms with Crippen LogP contribution in [0.2, 0.25) is 0 Å². The third-order valence-electron chi connectivity index (χ3n) is 4.24. The Morgan fingerprint density at radius 3 is 2.40 bits per heavy atom. The Balaban J connectivity index is 1.60. The molecule has 1 atom stereocenters. The molecule has 1 fully saturated rings. The number of amides is 1. The van der Waals surface area contributed by atoms with Crippen molar-refractivity contribution in [2.45, 2.75) is 18.7 Å². The summed E-state index contributed by atoms with van der Waals surface area (Å²) >= 11 is 0. The summed E-state index contributed by atoms with van der Waals surface area (Å²) in [5.41, 5.74) is -0.941. The molecule has 2 aromatic rings. The van der Waals surface area contributed by atoms with Gasteiger partial charge in [0.15, 0.2) is 0 Å². The molecule has 0 bridgehead atoms. The van der Waals surface area contributed by atoms with E-state index in [-0.39, 0.29) is 18.9 Å². The first-order valence-electron chi connectivity index (χ1n) is 7.96. The Hall–Kier alpha value is -2.89. The number of halogens is 1. The van der Waals surface area contributed by atoms with Gasteiger partial charge in [-0.15, -0.1) is 0 Å². The van der Waals surface area contributed by atoms with E-state index in [2.05, 4.69) is 0 Å². The zero-order chi connectivity index (χ0) is 17.9. The number of ether oxygens (including phenoxy) is 1. The van der Waals surface area contributed by atoms with Crippen LogP contribution in [0.5, 0.6) is 5.75 Å². The molecule has 0 aliphatic carbocycles. The lowest BCUT2D eigenvalue weighted by molar-refractivity contribution is -0.149. The number of carboxylic acids is 1. The lowest BCUT2D eigenvalue weighted by Crippen LogP contribution is -2.38. The number of carbonyl (C=O) groups is 2. The minimum absolute atomic E-state index is 0.0912. The first-order chi connectivity index (χ1) is 12.0. The van der Waals surface area contributed by atoms with Gasteiger partial charge in [-0.2, -0.15) is 0 Å². The quantitative estimate of drug-likeness (QED) is 0.906. The van der Waals surface area contributed by atoms with Crippen molar-refractivity contribution >= 4 is 11.9 Å². The smallest absolute Gasteiger partial charge is 0.343 e. The summed E-state index contributed by atoms with van der Waals surface area (Å²) in [7, 11) is 0. The molecule has 3 rings (SSSR count). The first-order valence-corrected chi connectivity index (χ1v) is 7.96. The second kappa shape index (κ2) is 6.93. The average molecular weight is 343 g/mol. The van der Waals surface area contributed by atoms with Crippen LogP contribution in [0.25, 0.3) is 0 Å². The molecule has 5 nitrogen and oxygen atoms in total. The van der Waals surface area contributed by atoms with Gasteiger partial charge in [0.25, 0.3) is 5.91 Å². The number of rotatable bonds is 5. The van der Waals surface area contributed by atoms with Crippen molar-refractivity contribution in [2.75, 3.05) is 13.1 Å². The number of carbonyl (C=O) groups excluding carboxylic acids is 1. The monoisotopic (exact) mass is 343 g/mol. The third kappa shape index (κ3) is 3.79. The Morgan fingerprint density at radius 1 is 1.12 bits per heavy atom. The van der Waals surface area contributed by atoms with Crippen LogP contribution in [-0.4, -0.2) is 40.6 Å². The van der Waals surface area contributed by atoms with E-state index in [0.717, 1.165) is 5.56 Å². The molecule has 1 heterocycles. The number of hydrogen-bond donors (Lipinski definition) is 1. The highest BCUT2D eigenvalue weighted by Crippen LogP contribution is 2.27. The maximum Gasteiger partial charge on any atom is 0.343 e. The van der Waals surface area contributed by atoms with Crippen LogP contribution in [0.3, 0.4) is 0 Å².